The number of hydrogen-bond acceptors (Lipinski definition) is 4. The third-order valence-electron chi connectivity index (χ3n) is 3.37. The molecule has 1 aliphatic rings. The normalized spacial score (nSPS) is 22.2. The molecule has 0 spiro atoms. The van der Waals surface area contributed by atoms with Crippen LogP contribution in [0.2, 0.25) is 0 Å². The van der Waals surface area contributed by atoms with Crippen LogP contribution in [0.1, 0.15) is 26.2 Å². The second-order valence-corrected chi connectivity index (χ2v) is 4.91. The van der Waals surface area contributed by atoms with Crippen LogP contribution in [-0.4, -0.2) is 59.1 Å². The van der Waals surface area contributed by atoms with E-state index in [-0.39, 0.29) is 5.91 Å². The van der Waals surface area contributed by atoms with Gasteiger partial charge in [-0.05, 0) is 19.4 Å². The topological polar surface area (TPSA) is 107 Å². The van der Waals surface area contributed by atoms with Gasteiger partial charge in [-0.3, -0.25) is 14.4 Å². The molecule has 108 valence electrons. The van der Waals surface area contributed by atoms with Crippen molar-refractivity contribution in [2.24, 2.45) is 5.41 Å². The lowest BCUT2D eigenvalue weighted by molar-refractivity contribution is -0.154. The largest absolute Gasteiger partial charge is 0.480 e. The summed E-state index contributed by atoms with van der Waals surface area (Å²) >= 11 is 0. The standard InChI is InChI=1S/C12H20N2O5/c1-2-3-12(4-5-13-8-12)11(19)14(6-9(15)16)7-10(17)18/h13H,2-8H2,1H3,(H,15,16)(H,17,18). The fourth-order valence-corrected chi connectivity index (χ4v) is 2.59. The van der Waals surface area contributed by atoms with Crippen LogP contribution < -0.4 is 5.32 Å². The summed E-state index contributed by atoms with van der Waals surface area (Å²) in [6.07, 6.45) is 2.05. The molecule has 0 aromatic carbocycles. The Morgan fingerprint density at radius 3 is 2.16 bits per heavy atom. The highest BCUT2D eigenvalue weighted by Gasteiger charge is 2.43. The average Bonchev–Trinajstić information content (AvgIpc) is 2.76. The molecule has 1 unspecified atom stereocenters. The Bertz CT molecular complexity index is 347. The van der Waals surface area contributed by atoms with Crippen LogP contribution in [0.4, 0.5) is 0 Å². The van der Waals surface area contributed by atoms with E-state index in [0.29, 0.717) is 25.9 Å². The number of carbonyl (C=O) groups excluding carboxylic acids is 1. The summed E-state index contributed by atoms with van der Waals surface area (Å²) in [5.41, 5.74) is -0.653. The Kier molecular flexibility index (Phi) is 5.29. The van der Waals surface area contributed by atoms with Gasteiger partial charge in [0, 0.05) is 6.54 Å². The summed E-state index contributed by atoms with van der Waals surface area (Å²) in [6, 6.07) is 0. The van der Waals surface area contributed by atoms with Crippen molar-refractivity contribution >= 4 is 17.8 Å². The second kappa shape index (κ2) is 6.51. The molecule has 19 heavy (non-hydrogen) atoms. The van der Waals surface area contributed by atoms with E-state index in [0.717, 1.165) is 11.3 Å². The highest BCUT2D eigenvalue weighted by molar-refractivity contribution is 5.89. The van der Waals surface area contributed by atoms with E-state index in [4.69, 9.17) is 10.2 Å². The molecule has 7 nitrogen and oxygen atoms in total. The maximum Gasteiger partial charge on any atom is 0.323 e. The summed E-state index contributed by atoms with van der Waals surface area (Å²) < 4.78 is 0. The Morgan fingerprint density at radius 1 is 1.21 bits per heavy atom. The maximum atomic E-state index is 12.5. The van der Waals surface area contributed by atoms with E-state index in [1.165, 1.54) is 0 Å². The highest BCUT2D eigenvalue weighted by atomic mass is 16.4. The van der Waals surface area contributed by atoms with Gasteiger partial charge in [0.15, 0.2) is 0 Å². The fraction of sp³-hybridized carbons (Fsp3) is 0.750. The van der Waals surface area contributed by atoms with E-state index in [1.807, 2.05) is 6.92 Å². The molecule has 1 fully saturated rings. The Morgan fingerprint density at radius 2 is 1.79 bits per heavy atom. The first-order valence-electron chi connectivity index (χ1n) is 6.35. The minimum Gasteiger partial charge on any atom is -0.480 e. The predicted molar refractivity (Wildman–Crippen MR) is 66.7 cm³/mol. The number of rotatable bonds is 7. The van der Waals surface area contributed by atoms with E-state index in [9.17, 15) is 14.4 Å². The molecule has 1 aliphatic heterocycles. The summed E-state index contributed by atoms with van der Waals surface area (Å²) in [6.45, 7) is 1.98. The monoisotopic (exact) mass is 272 g/mol. The van der Waals surface area contributed by atoms with Crippen molar-refractivity contribution < 1.29 is 24.6 Å². The number of carbonyl (C=O) groups is 3. The lowest BCUT2D eigenvalue weighted by Gasteiger charge is -2.32. The molecule has 1 heterocycles. The summed E-state index contributed by atoms with van der Waals surface area (Å²) in [5.74, 6) is -2.77. The van der Waals surface area contributed by atoms with Crippen molar-refractivity contribution in [3.05, 3.63) is 0 Å². The molecular weight excluding hydrogens is 252 g/mol. The molecule has 1 saturated heterocycles. The highest BCUT2D eigenvalue weighted by Crippen LogP contribution is 2.33. The van der Waals surface area contributed by atoms with Gasteiger partial charge in [0.05, 0.1) is 5.41 Å². The number of carboxylic acid groups (broad SMARTS) is 2. The average molecular weight is 272 g/mol. The first-order valence-corrected chi connectivity index (χ1v) is 6.35. The van der Waals surface area contributed by atoms with E-state index in [2.05, 4.69) is 5.32 Å². The zero-order chi connectivity index (χ0) is 14.5. The van der Waals surface area contributed by atoms with Crippen molar-refractivity contribution in [1.29, 1.82) is 0 Å². The second-order valence-electron chi connectivity index (χ2n) is 4.91. The summed E-state index contributed by atoms with van der Waals surface area (Å²) in [4.78, 5) is 35.0. The number of nitrogens with zero attached hydrogens (tertiary/aromatic N) is 1. The summed E-state index contributed by atoms with van der Waals surface area (Å²) in [7, 11) is 0. The third kappa shape index (κ3) is 3.92. The number of aliphatic carboxylic acids is 2. The molecule has 0 bridgehead atoms. The zero-order valence-electron chi connectivity index (χ0n) is 11.0. The van der Waals surface area contributed by atoms with Crippen molar-refractivity contribution in [3.63, 3.8) is 0 Å². The molecule has 3 N–H and O–H groups in total. The van der Waals surface area contributed by atoms with Crippen LogP contribution in [0.15, 0.2) is 0 Å². The van der Waals surface area contributed by atoms with Crippen molar-refractivity contribution in [3.8, 4) is 0 Å². The first kappa shape index (κ1) is 15.4. The molecular formula is C12H20N2O5. The van der Waals surface area contributed by atoms with Gasteiger partial charge in [0.25, 0.3) is 0 Å². The number of carboxylic acids is 2. The summed E-state index contributed by atoms with van der Waals surface area (Å²) in [5, 5.41) is 20.7. The predicted octanol–water partition coefficient (Wildman–Crippen LogP) is -0.236. The van der Waals surface area contributed by atoms with E-state index in [1.54, 1.807) is 0 Å². The van der Waals surface area contributed by atoms with Crippen molar-refractivity contribution in [2.45, 2.75) is 26.2 Å². The number of hydrogen-bond donors (Lipinski definition) is 3. The van der Waals surface area contributed by atoms with Gasteiger partial charge in [0.2, 0.25) is 5.91 Å². The Balaban J connectivity index is 2.88. The maximum absolute atomic E-state index is 12.5. The molecule has 7 heteroatoms. The minimum absolute atomic E-state index is 0.371. The van der Waals surface area contributed by atoms with Crippen LogP contribution in [0.25, 0.3) is 0 Å². The zero-order valence-corrected chi connectivity index (χ0v) is 11.0. The molecule has 0 aromatic heterocycles. The van der Waals surface area contributed by atoms with Gasteiger partial charge >= 0.3 is 11.9 Å². The molecule has 1 amide bonds. The SMILES string of the molecule is CCCC1(C(=O)N(CC(=O)O)CC(=O)O)CCNC1. The van der Waals surface area contributed by atoms with Crippen LogP contribution >= 0.6 is 0 Å². The Labute approximate surface area is 111 Å². The fourth-order valence-electron chi connectivity index (χ4n) is 2.59. The Hall–Kier alpha value is -1.63. The van der Waals surface area contributed by atoms with E-state index < -0.39 is 30.4 Å². The number of amides is 1. The van der Waals surface area contributed by atoms with Crippen LogP contribution in [-0.2, 0) is 14.4 Å². The van der Waals surface area contributed by atoms with Gasteiger partial charge in [-0.15, -0.1) is 0 Å². The van der Waals surface area contributed by atoms with Gasteiger partial charge in [0.1, 0.15) is 13.1 Å². The van der Waals surface area contributed by atoms with Crippen LogP contribution in [0.5, 0.6) is 0 Å². The van der Waals surface area contributed by atoms with Crippen molar-refractivity contribution in [2.75, 3.05) is 26.2 Å². The van der Waals surface area contributed by atoms with Crippen LogP contribution in [0, 0.1) is 5.41 Å². The lowest BCUT2D eigenvalue weighted by Crippen LogP contribution is -2.49. The molecule has 1 atom stereocenters. The van der Waals surface area contributed by atoms with Gasteiger partial charge in [-0.25, -0.2) is 0 Å². The molecule has 0 saturated carbocycles. The lowest BCUT2D eigenvalue weighted by atomic mass is 9.81. The van der Waals surface area contributed by atoms with Crippen molar-refractivity contribution in [1.82, 2.24) is 10.2 Å². The molecule has 0 aromatic rings. The molecule has 1 rings (SSSR count). The quantitative estimate of drug-likeness (QED) is 0.590. The minimum atomic E-state index is -1.20. The molecule has 0 radical (unpaired) electrons. The first-order chi connectivity index (χ1) is 8.91. The van der Waals surface area contributed by atoms with Gasteiger partial charge in [-0.1, -0.05) is 13.3 Å². The van der Waals surface area contributed by atoms with Gasteiger partial charge < -0.3 is 20.4 Å². The third-order valence-corrected chi connectivity index (χ3v) is 3.37. The number of nitrogens with one attached hydrogen (secondary N) is 1. The van der Waals surface area contributed by atoms with Gasteiger partial charge in [-0.2, -0.15) is 0 Å². The molecule has 0 aliphatic carbocycles. The smallest absolute Gasteiger partial charge is 0.323 e. The van der Waals surface area contributed by atoms with Crippen LogP contribution in [0.3, 0.4) is 0 Å². The van der Waals surface area contributed by atoms with E-state index >= 15 is 0 Å².